The smallest absolute Gasteiger partial charge is 0.123 e. The van der Waals surface area contributed by atoms with Crippen LogP contribution < -0.4 is 0 Å². The first kappa shape index (κ1) is 14.0. The minimum absolute atomic E-state index is 0.365. The fraction of sp³-hybridized carbons (Fsp3) is 0.562. The maximum absolute atomic E-state index is 13.3. The molecule has 1 aliphatic rings. The lowest BCUT2D eigenvalue weighted by Gasteiger charge is -2.33. The van der Waals surface area contributed by atoms with Crippen LogP contribution in [0.25, 0.3) is 0 Å². The van der Waals surface area contributed by atoms with Gasteiger partial charge in [0, 0.05) is 0 Å². The molecule has 2 nitrogen and oxygen atoms in total. The van der Waals surface area contributed by atoms with Crippen molar-refractivity contribution in [2.24, 2.45) is 5.41 Å². The van der Waals surface area contributed by atoms with Gasteiger partial charge in [0.05, 0.1) is 17.6 Å². The largest absolute Gasteiger partial charge is 0.387 e. The summed E-state index contributed by atoms with van der Waals surface area (Å²) >= 11 is 0. The van der Waals surface area contributed by atoms with E-state index in [2.05, 4.69) is 6.07 Å². The predicted molar refractivity (Wildman–Crippen MR) is 71.7 cm³/mol. The molecule has 1 fully saturated rings. The number of benzene rings is 1. The Labute approximate surface area is 113 Å². The molecule has 1 aromatic rings. The second-order valence-electron chi connectivity index (χ2n) is 5.49. The normalized spacial score (nSPS) is 20.9. The molecule has 1 aliphatic carbocycles. The summed E-state index contributed by atoms with van der Waals surface area (Å²) in [6, 6.07) is 8.31. The van der Waals surface area contributed by atoms with E-state index in [-0.39, 0.29) is 5.82 Å². The van der Waals surface area contributed by atoms with Gasteiger partial charge in [0.15, 0.2) is 0 Å². The number of halogens is 1. The van der Waals surface area contributed by atoms with E-state index < -0.39 is 11.5 Å². The van der Waals surface area contributed by atoms with E-state index in [0.29, 0.717) is 18.4 Å². The van der Waals surface area contributed by atoms with Crippen molar-refractivity contribution in [3.63, 3.8) is 0 Å². The average molecular weight is 261 g/mol. The Morgan fingerprint density at radius 2 is 1.79 bits per heavy atom. The van der Waals surface area contributed by atoms with Gasteiger partial charge in [-0.25, -0.2) is 4.39 Å². The van der Waals surface area contributed by atoms with Crippen LogP contribution in [0.3, 0.4) is 0 Å². The van der Waals surface area contributed by atoms with E-state index in [1.165, 1.54) is 18.6 Å². The Morgan fingerprint density at radius 1 is 1.16 bits per heavy atom. The number of aliphatic hydroxyl groups excluding tert-OH is 1. The number of hydrogen-bond donors (Lipinski definition) is 1. The van der Waals surface area contributed by atoms with Crippen molar-refractivity contribution in [2.75, 3.05) is 0 Å². The van der Waals surface area contributed by atoms with E-state index >= 15 is 0 Å². The van der Waals surface area contributed by atoms with Gasteiger partial charge in [0.2, 0.25) is 0 Å². The highest BCUT2D eigenvalue weighted by molar-refractivity contribution is 5.23. The average Bonchev–Trinajstić information content (AvgIpc) is 2.39. The van der Waals surface area contributed by atoms with Crippen LogP contribution in [0.4, 0.5) is 4.39 Å². The Morgan fingerprint density at radius 3 is 2.37 bits per heavy atom. The van der Waals surface area contributed by atoms with Gasteiger partial charge in [-0.3, -0.25) is 0 Å². The molecule has 102 valence electrons. The third-order valence-electron chi connectivity index (χ3n) is 4.16. The first-order chi connectivity index (χ1) is 9.18. The van der Waals surface area contributed by atoms with Gasteiger partial charge in [0.1, 0.15) is 5.82 Å². The lowest BCUT2D eigenvalue weighted by Crippen LogP contribution is -2.28. The fourth-order valence-electron chi connectivity index (χ4n) is 2.98. The summed E-state index contributed by atoms with van der Waals surface area (Å²) in [7, 11) is 0. The summed E-state index contributed by atoms with van der Waals surface area (Å²) in [5, 5.41) is 20.1. The highest BCUT2D eigenvalue weighted by Crippen LogP contribution is 2.44. The highest BCUT2D eigenvalue weighted by atomic mass is 19.1. The Hall–Kier alpha value is -1.40. The Balaban J connectivity index is 2.26. The minimum Gasteiger partial charge on any atom is -0.387 e. The van der Waals surface area contributed by atoms with E-state index in [0.717, 1.165) is 25.7 Å². The first-order valence-electron chi connectivity index (χ1n) is 7.03. The molecule has 1 aromatic carbocycles. The maximum Gasteiger partial charge on any atom is 0.123 e. The zero-order valence-electron chi connectivity index (χ0n) is 11.1. The molecule has 0 bridgehead atoms. The summed E-state index contributed by atoms with van der Waals surface area (Å²) in [4.78, 5) is 0. The molecule has 0 saturated heterocycles. The molecule has 1 saturated carbocycles. The summed E-state index contributed by atoms with van der Waals surface area (Å²) in [6.45, 7) is 0. The first-order valence-corrected chi connectivity index (χ1v) is 7.03. The molecular weight excluding hydrogens is 241 g/mol. The molecular formula is C16H20FNO. The number of nitriles is 1. The number of hydrogen-bond acceptors (Lipinski definition) is 2. The van der Waals surface area contributed by atoms with Crippen LogP contribution >= 0.6 is 0 Å². The molecule has 1 atom stereocenters. The lowest BCUT2D eigenvalue weighted by molar-refractivity contribution is 0.0432. The van der Waals surface area contributed by atoms with Gasteiger partial charge in [-0.1, -0.05) is 44.2 Å². The zero-order chi connectivity index (χ0) is 13.7. The SMILES string of the molecule is N#CC1(C(O)c2cccc(F)c2)CCCCCCC1. The summed E-state index contributed by atoms with van der Waals surface area (Å²) in [5.41, 5.74) is -0.240. The third kappa shape index (κ3) is 3.13. The van der Waals surface area contributed by atoms with Gasteiger partial charge >= 0.3 is 0 Å². The van der Waals surface area contributed by atoms with Gasteiger partial charge in [-0.15, -0.1) is 0 Å². The van der Waals surface area contributed by atoms with E-state index in [9.17, 15) is 14.8 Å². The van der Waals surface area contributed by atoms with E-state index in [1.54, 1.807) is 12.1 Å². The maximum atomic E-state index is 13.3. The standard InChI is InChI=1S/C16H20FNO/c17-14-8-6-7-13(11-14)15(19)16(12-18)9-4-2-1-3-5-10-16/h6-8,11,15,19H,1-5,9-10H2. The van der Waals surface area contributed by atoms with Crippen molar-refractivity contribution in [1.82, 2.24) is 0 Å². The number of nitrogens with zero attached hydrogens (tertiary/aromatic N) is 1. The van der Waals surface area contributed by atoms with Crippen molar-refractivity contribution in [1.29, 1.82) is 5.26 Å². The second kappa shape index (κ2) is 6.16. The quantitative estimate of drug-likeness (QED) is 0.870. The van der Waals surface area contributed by atoms with Crippen molar-refractivity contribution in [2.45, 2.75) is 51.0 Å². The highest BCUT2D eigenvalue weighted by Gasteiger charge is 2.38. The van der Waals surface area contributed by atoms with Gasteiger partial charge < -0.3 is 5.11 Å². The van der Waals surface area contributed by atoms with Crippen molar-refractivity contribution < 1.29 is 9.50 Å². The molecule has 2 rings (SSSR count). The number of rotatable bonds is 2. The van der Waals surface area contributed by atoms with E-state index in [4.69, 9.17) is 0 Å². The molecule has 0 radical (unpaired) electrons. The van der Waals surface area contributed by atoms with Crippen LogP contribution in [0.5, 0.6) is 0 Å². The van der Waals surface area contributed by atoms with Crippen LogP contribution in [-0.4, -0.2) is 5.11 Å². The van der Waals surface area contributed by atoms with Crippen LogP contribution in [0, 0.1) is 22.6 Å². The van der Waals surface area contributed by atoms with Crippen molar-refractivity contribution >= 4 is 0 Å². The summed E-state index contributed by atoms with van der Waals surface area (Å²) in [5.74, 6) is -0.365. The van der Waals surface area contributed by atoms with Crippen molar-refractivity contribution in [3.05, 3.63) is 35.6 Å². The molecule has 0 aliphatic heterocycles. The monoisotopic (exact) mass is 261 g/mol. The molecule has 3 heteroatoms. The van der Waals surface area contributed by atoms with Crippen molar-refractivity contribution in [3.8, 4) is 6.07 Å². The molecule has 0 heterocycles. The zero-order valence-corrected chi connectivity index (χ0v) is 11.1. The van der Waals surface area contributed by atoms with Gasteiger partial charge in [-0.2, -0.15) is 5.26 Å². The predicted octanol–water partition coefficient (Wildman–Crippen LogP) is 4.11. The Bertz CT molecular complexity index is 458. The fourth-order valence-corrected chi connectivity index (χ4v) is 2.98. The molecule has 1 unspecified atom stereocenters. The molecule has 0 aromatic heterocycles. The van der Waals surface area contributed by atoms with Crippen LogP contribution in [0.15, 0.2) is 24.3 Å². The van der Waals surface area contributed by atoms with Crippen LogP contribution in [0.2, 0.25) is 0 Å². The van der Waals surface area contributed by atoms with Gasteiger partial charge in [-0.05, 0) is 30.5 Å². The lowest BCUT2D eigenvalue weighted by atomic mass is 9.71. The summed E-state index contributed by atoms with van der Waals surface area (Å²) in [6.07, 6.45) is 5.84. The number of aliphatic hydroxyl groups is 1. The molecule has 0 spiro atoms. The topological polar surface area (TPSA) is 44.0 Å². The summed E-state index contributed by atoms with van der Waals surface area (Å²) < 4.78 is 13.3. The second-order valence-corrected chi connectivity index (χ2v) is 5.49. The molecule has 1 N–H and O–H groups in total. The van der Waals surface area contributed by atoms with Crippen LogP contribution in [0.1, 0.15) is 56.6 Å². The third-order valence-corrected chi connectivity index (χ3v) is 4.16. The van der Waals surface area contributed by atoms with E-state index in [1.807, 2.05) is 0 Å². The van der Waals surface area contributed by atoms with Crippen LogP contribution in [-0.2, 0) is 0 Å². The Kier molecular flexibility index (Phi) is 4.55. The van der Waals surface area contributed by atoms with Gasteiger partial charge in [0.25, 0.3) is 0 Å². The molecule has 0 amide bonds. The molecule has 19 heavy (non-hydrogen) atoms. The minimum atomic E-state index is -0.897.